The highest BCUT2D eigenvalue weighted by atomic mass is 16.4. The third-order valence-electron chi connectivity index (χ3n) is 3.91. The molecule has 1 fully saturated rings. The summed E-state index contributed by atoms with van der Waals surface area (Å²) in [6.07, 6.45) is 6.85. The van der Waals surface area contributed by atoms with Gasteiger partial charge in [-0.25, -0.2) is 0 Å². The van der Waals surface area contributed by atoms with Crippen molar-refractivity contribution in [2.24, 2.45) is 11.8 Å². The largest absolute Gasteiger partial charge is 0.481 e. The van der Waals surface area contributed by atoms with Crippen molar-refractivity contribution in [3.63, 3.8) is 0 Å². The summed E-state index contributed by atoms with van der Waals surface area (Å²) < 4.78 is 0. The first-order valence-electron chi connectivity index (χ1n) is 7.48. The Labute approximate surface area is 116 Å². The number of carbonyl (C=O) groups excluding carboxylic acids is 1. The van der Waals surface area contributed by atoms with Crippen LogP contribution in [0.4, 0.5) is 0 Å². The summed E-state index contributed by atoms with van der Waals surface area (Å²) in [4.78, 5) is 23.8. The van der Waals surface area contributed by atoms with Crippen LogP contribution in [-0.2, 0) is 9.59 Å². The second-order valence-electron chi connectivity index (χ2n) is 6.07. The third kappa shape index (κ3) is 6.60. The number of nitrogens with zero attached hydrogens (tertiary/aromatic N) is 1. The molecule has 1 heterocycles. The molecule has 1 aliphatic rings. The standard InChI is InChI=1S/C15H27NO3/c1-12(2)5-3-4-6-13-7-9-16(10-8-13)14(17)11-15(18)19/h12-13H,3-11H2,1-2H3,(H,18,19). The number of hydrogen-bond donors (Lipinski definition) is 1. The average molecular weight is 269 g/mol. The van der Waals surface area contributed by atoms with E-state index in [9.17, 15) is 9.59 Å². The third-order valence-corrected chi connectivity index (χ3v) is 3.91. The zero-order chi connectivity index (χ0) is 14.3. The molecule has 0 aliphatic carbocycles. The maximum atomic E-state index is 11.6. The van der Waals surface area contributed by atoms with E-state index in [4.69, 9.17) is 5.11 Å². The molecule has 0 aromatic rings. The van der Waals surface area contributed by atoms with E-state index in [-0.39, 0.29) is 12.3 Å². The lowest BCUT2D eigenvalue weighted by Crippen LogP contribution is -2.39. The number of amides is 1. The molecule has 110 valence electrons. The number of hydrogen-bond acceptors (Lipinski definition) is 2. The van der Waals surface area contributed by atoms with Crippen LogP contribution in [-0.4, -0.2) is 35.0 Å². The minimum absolute atomic E-state index is 0.231. The van der Waals surface area contributed by atoms with E-state index < -0.39 is 5.97 Å². The Hall–Kier alpha value is -1.06. The normalized spacial score (nSPS) is 16.9. The van der Waals surface area contributed by atoms with E-state index in [2.05, 4.69) is 13.8 Å². The van der Waals surface area contributed by atoms with Gasteiger partial charge in [-0.2, -0.15) is 0 Å². The minimum atomic E-state index is -1.03. The Kier molecular flexibility index (Phi) is 6.89. The van der Waals surface area contributed by atoms with Crippen LogP contribution in [0.2, 0.25) is 0 Å². The number of carbonyl (C=O) groups is 2. The van der Waals surface area contributed by atoms with E-state index in [1.54, 1.807) is 4.90 Å². The first-order valence-corrected chi connectivity index (χ1v) is 7.48. The SMILES string of the molecule is CC(C)CCCCC1CCN(C(=O)CC(=O)O)CC1. The van der Waals surface area contributed by atoms with Crippen molar-refractivity contribution in [2.45, 2.75) is 58.8 Å². The van der Waals surface area contributed by atoms with Gasteiger partial charge >= 0.3 is 5.97 Å². The molecule has 4 nitrogen and oxygen atoms in total. The van der Waals surface area contributed by atoms with Gasteiger partial charge in [0.2, 0.25) is 5.91 Å². The number of carboxylic acid groups (broad SMARTS) is 1. The van der Waals surface area contributed by atoms with E-state index in [0.717, 1.165) is 37.8 Å². The second-order valence-corrected chi connectivity index (χ2v) is 6.07. The monoisotopic (exact) mass is 269 g/mol. The minimum Gasteiger partial charge on any atom is -0.481 e. The highest BCUT2D eigenvalue weighted by molar-refractivity contribution is 5.93. The molecule has 0 atom stereocenters. The van der Waals surface area contributed by atoms with Crippen molar-refractivity contribution in [2.75, 3.05) is 13.1 Å². The molecule has 0 saturated carbocycles. The number of carboxylic acids is 1. The second kappa shape index (κ2) is 8.18. The molecule has 0 spiro atoms. The molecule has 4 heteroatoms. The fourth-order valence-corrected chi connectivity index (χ4v) is 2.70. The lowest BCUT2D eigenvalue weighted by molar-refractivity contribution is -0.144. The van der Waals surface area contributed by atoms with Gasteiger partial charge in [0.15, 0.2) is 0 Å². The molecule has 0 aromatic carbocycles. The fraction of sp³-hybridized carbons (Fsp3) is 0.867. The number of rotatable bonds is 7. The fourth-order valence-electron chi connectivity index (χ4n) is 2.70. The van der Waals surface area contributed by atoms with Crippen LogP contribution in [0, 0.1) is 11.8 Å². The molecule has 1 aliphatic heterocycles. The summed E-state index contributed by atoms with van der Waals surface area (Å²) in [5, 5.41) is 8.61. The zero-order valence-electron chi connectivity index (χ0n) is 12.2. The maximum absolute atomic E-state index is 11.6. The number of unbranched alkanes of at least 4 members (excludes halogenated alkanes) is 1. The summed E-state index contributed by atoms with van der Waals surface area (Å²) in [6, 6.07) is 0. The highest BCUT2D eigenvalue weighted by Crippen LogP contribution is 2.23. The average Bonchev–Trinajstić information content (AvgIpc) is 2.34. The van der Waals surface area contributed by atoms with E-state index in [1.807, 2.05) is 0 Å². The van der Waals surface area contributed by atoms with Crippen molar-refractivity contribution >= 4 is 11.9 Å². The Morgan fingerprint density at radius 1 is 1.21 bits per heavy atom. The van der Waals surface area contributed by atoms with E-state index in [0.29, 0.717) is 0 Å². The van der Waals surface area contributed by atoms with Gasteiger partial charge in [-0.3, -0.25) is 9.59 Å². The van der Waals surface area contributed by atoms with Crippen LogP contribution in [0.25, 0.3) is 0 Å². The Balaban J connectivity index is 2.14. The van der Waals surface area contributed by atoms with E-state index in [1.165, 1.54) is 25.7 Å². The van der Waals surface area contributed by atoms with Crippen LogP contribution in [0.1, 0.15) is 58.8 Å². The van der Waals surface area contributed by atoms with Crippen LogP contribution in [0.5, 0.6) is 0 Å². The van der Waals surface area contributed by atoms with Gasteiger partial charge < -0.3 is 10.0 Å². The van der Waals surface area contributed by atoms with Crippen molar-refractivity contribution in [1.82, 2.24) is 4.90 Å². The summed E-state index contributed by atoms with van der Waals surface area (Å²) in [5.74, 6) is 0.253. The van der Waals surface area contributed by atoms with Gasteiger partial charge in [-0.1, -0.05) is 39.5 Å². The predicted octanol–water partition coefficient (Wildman–Crippen LogP) is 2.92. The Bertz CT molecular complexity index is 294. The number of aliphatic carboxylic acids is 1. The van der Waals surface area contributed by atoms with Gasteiger partial charge in [-0.05, 0) is 24.7 Å². The summed E-state index contributed by atoms with van der Waals surface area (Å²) in [5.41, 5.74) is 0. The van der Waals surface area contributed by atoms with Crippen LogP contribution >= 0.6 is 0 Å². The number of piperidine rings is 1. The smallest absolute Gasteiger partial charge is 0.312 e. The van der Waals surface area contributed by atoms with Gasteiger partial charge in [-0.15, -0.1) is 0 Å². The molecule has 0 radical (unpaired) electrons. The molecule has 0 aromatic heterocycles. The summed E-state index contributed by atoms with van der Waals surface area (Å²) >= 11 is 0. The first kappa shape index (κ1) is 16.0. The molecule has 0 bridgehead atoms. The molecular formula is C15H27NO3. The van der Waals surface area contributed by atoms with Crippen molar-refractivity contribution in [3.8, 4) is 0 Å². The van der Waals surface area contributed by atoms with Crippen LogP contribution in [0.15, 0.2) is 0 Å². The molecule has 1 N–H and O–H groups in total. The highest BCUT2D eigenvalue weighted by Gasteiger charge is 2.23. The lowest BCUT2D eigenvalue weighted by Gasteiger charge is -2.31. The molecule has 1 amide bonds. The quantitative estimate of drug-likeness (QED) is 0.571. The van der Waals surface area contributed by atoms with E-state index >= 15 is 0 Å². The van der Waals surface area contributed by atoms with Gasteiger partial charge in [0.25, 0.3) is 0 Å². The van der Waals surface area contributed by atoms with Crippen LogP contribution < -0.4 is 0 Å². The summed E-state index contributed by atoms with van der Waals surface area (Å²) in [6.45, 7) is 5.99. The molecule has 19 heavy (non-hydrogen) atoms. The van der Waals surface area contributed by atoms with Crippen molar-refractivity contribution < 1.29 is 14.7 Å². The topological polar surface area (TPSA) is 57.6 Å². The zero-order valence-corrected chi connectivity index (χ0v) is 12.2. The van der Waals surface area contributed by atoms with Crippen molar-refractivity contribution in [1.29, 1.82) is 0 Å². The molecular weight excluding hydrogens is 242 g/mol. The Morgan fingerprint density at radius 2 is 1.84 bits per heavy atom. The molecule has 1 rings (SSSR count). The lowest BCUT2D eigenvalue weighted by atomic mass is 9.90. The summed E-state index contributed by atoms with van der Waals surface area (Å²) in [7, 11) is 0. The maximum Gasteiger partial charge on any atom is 0.312 e. The first-order chi connectivity index (χ1) is 8.99. The predicted molar refractivity (Wildman–Crippen MR) is 74.9 cm³/mol. The molecule has 0 unspecified atom stereocenters. The molecule has 1 saturated heterocycles. The van der Waals surface area contributed by atoms with Crippen LogP contribution in [0.3, 0.4) is 0 Å². The Morgan fingerprint density at radius 3 is 2.37 bits per heavy atom. The van der Waals surface area contributed by atoms with Crippen molar-refractivity contribution in [3.05, 3.63) is 0 Å². The van der Waals surface area contributed by atoms with Gasteiger partial charge in [0.1, 0.15) is 6.42 Å². The van der Waals surface area contributed by atoms with Gasteiger partial charge in [0, 0.05) is 13.1 Å². The number of likely N-dealkylation sites (tertiary alicyclic amines) is 1. The van der Waals surface area contributed by atoms with Gasteiger partial charge in [0.05, 0.1) is 0 Å².